The smallest absolute Gasteiger partial charge is 0.236 e. The summed E-state index contributed by atoms with van der Waals surface area (Å²) in [5.41, 5.74) is 5.58. The maximum atomic E-state index is 12.7. The lowest BCUT2D eigenvalue weighted by Crippen LogP contribution is -2.41. The Kier molecular flexibility index (Phi) is 4.46. The molecule has 4 rings (SSSR count). The van der Waals surface area contributed by atoms with Gasteiger partial charge in [0.1, 0.15) is 10.6 Å². The highest BCUT2D eigenvalue weighted by molar-refractivity contribution is 7.07. The zero-order chi connectivity index (χ0) is 18.1. The van der Waals surface area contributed by atoms with Crippen molar-refractivity contribution in [3.63, 3.8) is 0 Å². The number of rotatable bonds is 4. The first-order chi connectivity index (χ1) is 12.6. The van der Waals surface area contributed by atoms with Gasteiger partial charge in [-0.15, -0.1) is 16.4 Å². The Hall–Kier alpha value is -2.68. The van der Waals surface area contributed by atoms with Gasteiger partial charge in [-0.05, 0) is 25.8 Å². The van der Waals surface area contributed by atoms with Gasteiger partial charge in [0.25, 0.3) is 0 Å². The molecule has 4 heterocycles. The van der Waals surface area contributed by atoms with Gasteiger partial charge >= 0.3 is 0 Å². The standard InChI is InChI=1S/C17H20N6O2S/c1-11-5-8-22(21-11)9-6-14(24)23-7-3-4-13(23)16-19-20-17(25-16)15-12(2)18-10-26-15/h5,8,10,13,20H,2-4,6-7,9H2,1H3. The minimum atomic E-state index is -0.131. The number of aryl methyl sites for hydroxylation is 2. The van der Waals surface area contributed by atoms with E-state index in [4.69, 9.17) is 4.74 Å². The van der Waals surface area contributed by atoms with Crippen LogP contribution in [0.25, 0.3) is 12.5 Å². The van der Waals surface area contributed by atoms with Crippen LogP contribution in [0.1, 0.15) is 25.0 Å². The number of likely N-dealkylation sites (tertiary alicyclic amines) is 1. The Bertz CT molecular complexity index is 962. The predicted octanol–water partition coefficient (Wildman–Crippen LogP) is 0.139. The lowest BCUT2D eigenvalue weighted by atomic mass is 10.2. The molecule has 1 N–H and O–H groups in total. The van der Waals surface area contributed by atoms with Crippen molar-refractivity contribution in [2.45, 2.75) is 38.8 Å². The van der Waals surface area contributed by atoms with Gasteiger partial charge in [-0.2, -0.15) is 5.10 Å². The van der Waals surface area contributed by atoms with Crippen LogP contribution in [0, 0.1) is 6.92 Å². The van der Waals surface area contributed by atoms with Gasteiger partial charge in [0.15, 0.2) is 0 Å². The molecule has 1 amide bonds. The van der Waals surface area contributed by atoms with Crippen molar-refractivity contribution in [2.75, 3.05) is 6.54 Å². The van der Waals surface area contributed by atoms with Crippen molar-refractivity contribution in [2.24, 2.45) is 5.10 Å². The summed E-state index contributed by atoms with van der Waals surface area (Å²) in [6, 6.07) is 1.80. The Morgan fingerprint density at radius 2 is 2.42 bits per heavy atom. The van der Waals surface area contributed by atoms with Gasteiger partial charge < -0.3 is 9.64 Å². The number of hydrazone groups is 1. The van der Waals surface area contributed by atoms with Crippen molar-refractivity contribution in [1.29, 1.82) is 0 Å². The molecule has 136 valence electrons. The minimum absolute atomic E-state index is 0.0936. The van der Waals surface area contributed by atoms with E-state index in [1.165, 1.54) is 11.3 Å². The fourth-order valence-electron chi connectivity index (χ4n) is 3.21. The van der Waals surface area contributed by atoms with Crippen molar-refractivity contribution in [3.8, 4) is 0 Å². The number of ether oxygens (including phenoxy) is 1. The summed E-state index contributed by atoms with van der Waals surface area (Å²) >= 11 is 1.44. The highest BCUT2D eigenvalue weighted by Gasteiger charge is 2.36. The third-order valence-electron chi connectivity index (χ3n) is 4.51. The number of carbonyl (C=O) groups is 1. The van der Waals surface area contributed by atoms with Gasteiger partial charge in [0.2, 0.25) is 17.7 Å². The molecule has 8 nitrogen and oxygen atoms in total. The van der Waals surface area contributed by atoms with Gasteiger partial charge in [-0.3, -0.25) is 9.48 Å². The first-order valence-electron chi connectivity index (χ1n) is 8.55. The van der Waals surface area contributed by atoms with E-state index in [0.29, 0.717) is 30.1 Å². The Balaban J connectivity index is 1.43. The lowest BCUT2D eigenvalue weighted by Gasteiger charge is -2.23. The molecule has 2 aliphatic heterocycles. The zero-order valence-corrected chi connectivity index (χ0v) is 15.3. The van der Waals surface area contributed by atoms with E-state index in [9.17, 15) is 4.79 Å². The highest BCUT2D eigenvalue weighted by atomic mass is 32.1. The molecule has 0 radical (unpaired) electrons. The van der Waals surface area contributed by atoms with E-state index in [2.05, 4.69) is 27.2 Å². The molecule has 9 heteroatoms. The SMILES string of the molecule is C=c1ncsc1=C1NN=C(C2CCCN2C(=O)CCn2ccc(C)n2)O1. The molecule has 0 aliphatic carbocycles. The second kappa shape index (κ2) is 6.91. The molecule has 0 saturated carbocycles. The van der Waals surface area contributed by atoms with Crippen LogP contribution < -0.4 is 15.3 Å². The molecule has 0 spiro atoms. The number of hydrogen-bond acceptors (Lipinski definition) is 7. The van der Waals surface area contributed by atoms with Gasteiger partial charge in [-0.1, -0.05) is 6.58 Å². The minimum Gasteiger partial charge on any atom is -0.420 e. The van der Waals surface area contributed by atoms with Crippen LogP contribution in [0.15, 0.2) is 22.9 Å². The molecule has 26 heavy (non-hydrogen) atoms. The largest absolute Gasteiger partial charge is 0.420 e. The summed E-state index contributed by atoms with van der Waals surface area (Å²) in [6.07, 6.45) is 4.09. The summed E-state index contributed by atoms with van der Waals surface area (Å²) in [4.78, 5) is 18.7. The fourth-order valence-corrected chi connectivity index (χ4v) is 3.88. The average Bonchev–Trinajstić information content (AvgIpc) is 3.39. The van der Waals surface area contributed by atoms with Crippen molar-refractivity contribution < 1.29 is 9.53 Å². The maximum absolute atomic E-state index is 12.7. The van der Waals surface area contributed by atoms with Gasteiger partial charge in [0.05, 0.1) is 16.6 Å². The molecule has 2 aromatic rings. The van der Waals surface area contributed by atoms with E-state index in [-0.39, 0.29) is 11.9 Å². The molecular weight excluding hydrogens is 352 g/mol. The van der Waals surface area contributed by atoms with Crippen LogP contribution in [-0.2, 0) is 16.1 Å². The third-order valence-corrected chi connectivity index (χ3v) is 5.38. The first kappa shape index (κ1) is 16.8. The molecular formula is C17H20N6O2S. The predicted molar refractivity (Wildman–Crippen MR) is 98.3 cm³/mol. The second-order valence-corrected chi connectivity index (χ2v) is 7.19. The number of nitrogens with zero attached hydrogens (tertiary/aromatic N) is 5. The third kappa shape index (κ3) is 3.22. The van der Waals surface area contributed by atoms with Gasteiger partial charge in [0, 0.05) is 25.7 Å². The topological polar surface area (TPSA) is 84.6 Å². The van der Waals surface area contributed by atoms with E-state index in [1.807, 2.05) is 24.1 Å². The quantitative estimate of drug-likeness (QED) is 0.825. The van der Waals surface area contributed by atoms with E-state index in [0.717, 1.165) is 29.6 Å². The summed E-state index contributed by atoms with van der Waals surface area (Å²) in [7, 11) is 0. The molecule has 1 atom stereocenters. The number of aromatic nitrogens is 3. The molecule has 2 aromatic heterocycles. The van der Waals surface area contributed by atoms with E-state index >= 15 is 0 Å². The number of carbonyl (C=O) groups excluding carboxylic acids is 1. The van der Waals surface area contributed by atoms with Crippen molar-refractivity contribution in [1.82, 2.24) is 25.1 Å². The Morgan fingerprint density at radius 1 is 1.54 bits per heavy atom. The molecule has 0 bridgehead atoms. The average molecular weight is 372 g/mol. The molecule has 2 aliphatic rings. The fraction of sp³-hybridized carbons (Fsp3) is 0.412. The monoisotopic (exact) mass is 372 g/mol. The van der Waals surface area contributed by atoms with Crippen LogP contribution in [0.5, 0.6) is 0 Å². The van der Waals surface area contributed by atoms with Crippen LogP contribution in [0.2, 0.25) is 0 Å². The van der Waals surface area contributed by atoms with Crippen LogP contribution in [0.4, 0.5) is 0 Å². The van der Waals surface area contributed by atoms with Crippen LogP contribution in [0.3, 0.4) is 0 Å². The summed E-state index contributed by atoms with van der Waals surface area (Å²) < 4.78 is 8.52. The normalized spacial score (nSPS) is 21.5. The molecule has 1 fully saturated rings. The number of amides is 1. The van der Waals surface area contributed by atoms with Gasteiger partial charge in [-0.25, -0.2) is 10.4 Å². The van der Waals surface area contributed by atoms with Crippen LogP contribution in [-0.4, -0.2) is 44.1 Å². The summed E-state index contributed by atoms with van der Waals surface area (Å²) in [5.74, 6) is 1.17. The zero-order valence-electron chi connectivity index (χ0n) is 14.5. The first-order valence-corrected chi connectivity index (χ1v) is 9.43. The number of thiazole rings is 1. The lowest BCUT2D eigenvalue weighted by molar-refractivity contribution is -0.131. The molecule has 1 unspecified atom stereocenters. The maximum Gasteiger partial charge on any atom is 0.236 e. The summed E-state index contributed by atoms with van der Waals surface area (Å²) in [6.45, 7) is 7.11. The Morgan fingerprint density at radius 3 is 3.15 bits per heavy atom. The second-order valence-electron chi connectivity index (χ2n) is 6.34. The Labute approximate surface area is 154 Å². The molecule has 1 saturated heterocycles. The van der Waals surface area contributed by atoms with E-state index in [1.54, 1.807) is 10.2 Å². The number of hydrogen-bond donors (Lipinski definition) is 1. The van der Waals surface area contributed by atoms with Crippen LogP contribution >= 0.6 is 11.3 Å². The summed E-state index contributed by atoms with van der Waals surface area (Å²) in [5, 5.41) is 9.28. The van der Waals surface area contributed by atoms with E-state index < -0.39 is 0 Å². The number of nitrogens with one attached hydrogen (secondary N) is 1. The highest BCUT2D eigenvalue weighted by Crippen LogP contribution is 2.23. The molecule has 0 aromatic carbocycles. The van der Waals surface area contributed by atoms with Crippen molar-refractivity contribution >= 4 is 35.6 Å². The van der Waals surface area contributed by atoms with Crippen molar-refractivity contribution in [3.05, 3.63) is 33.3 Å².